The van der Waals surface area contributed by atoms with E-state index in [1.54, 1.807) is 32.1 Å². The third-order valence-electron chi connectivity index (χ3n) is 14.5. The van der Waals surface area contributed by atoms with Crippen molar-refractivity contribution < 1.29 is 48.4 Å². The summed E-state index contributed by atoms with van der Waals surface area (Å²) in [6.45, 7) is 15.9. The highest BCUT2D eigenvalue weighted by atomic mass is 16.7. The molecular weight excluding hydrogens is 905 g/mol. The van der Waals surface area contributed by atoms with Crippen LogP contribution < -0.4 is 20.7 Å². The summed E-state index contributed by atoms with van der Waals surface area (Å²) in [5.41, 5.74) is 1.35. The fourth-order valence-corrected chi connectivity index (χ4v) is 10.5. The van der Waals surface area contributed by atoms with Crippen LogP contribution >= 0.6 is 0 Å². The number of rotatable bonds is 8. The molecule has 6 aliphatic heterocycles. The molecule has 16 nitrogen and oxygen atoms in total. The summed E-state index contributed by atoms with van der Waals surface area (Å²) < 4.78 is 18.2. The second-order valence-electron chi connectivity index (χ2n) is 20.8. The molecule has 9 rings (SSSR count). The SMILES string of the molecule is C/C1=C/C=C/C(C)CCC(O)C[C@H](OC(=O)CC(=O)NC2CCN(Cc3ccccc3)CC2)CC/C=C/OC2(C)Oc3c(C)c(O)c4c(c3C2=O)C2=NC3(CCN(CC(C)C)CC3)NC2=C(NC1=O)C4=O. The van der Waals surface area contributed by atoms with Gasteiger partial charge in [-0.2, -0.15) is 0 Å². The molecule has 2 saturated heterocycles. The number of carbonyl (C=O) groups is 5. The highest BCUT2D eigenvalue weighted by Crippen LogP contribution is 2.50. The number of ketones is 2. The van der Waals surface area contributed by atoms with Crippen molar-refractivity contribution in [2.75, 3.05) is 32.7 Å². The van der Waals surface area contributed by atoms with E-state index in [4.69, 9.17) is 19.2 Å². The Balaban J connectivity index is 1.01. The van der Waals surface area contributed by atoms with Crippen molar-refractivity contribution in [3.63, 3.8) is 0 Å². The number of nitrogens with zero attached hydrogens (tertiary/aromatic N) is 3. The molecule has 2 aromatic carbocycles. The number of hydrogen-bond donors (Lipinski definition) is 5. The number of ether oxygens (including phenoxy) is 3. The summed E-state index contributed by atoms with van der Waals surface area (Å²) >= 11 is 0. The number of Topliss-reactive ketones (excluding diaryl/α,β-unsaturated/α-hetero) is 2. The zero-order valence-corrected chi connectivity index (χ0v) is 42.0. The van der Waals surface area contributed by atoms with E-state index < -0.39 is 65.2 Å². The molecule has 16 heteroatoms. The second-order valence-corrected chi connectivity index (χ2v) is 20.8. The maximum atomic E-state index is 14.7. The van der Waals surface area contributed by atoms with Crippen LogP contribution in [0.15, 0.2) is 82.9 Å². The van der Waals surface area contributed by atoms with E-state index in [9.17, 15) is 34.2 Å². The van der Waals surface area contributed by atoms with Gasteiger partial charge in [0.05, 0.1) is 34.9 Å². The van der Waals surface area contributed by atoms with Gasteiger partial charge in [0.15, 0.2) is 0 Å². The summed E-state index contributed by atoms with van der Waals surface area (Å²) in [5.74, 6) is -4.69. The first-order valence-electron chi connectivity index (χ1n) is 25.4. The van der Waals surface area contributed by atoms with Crippen LogP contribution in [0.5, 0.6) is 11.5 Å². The molecule has 6 heterocycles. The Labute approximate surface area is 416 Å². The number of carbonyl (C=O) groups excluding carboxylic acids is 5. The monoisotopic (exact) mass is 975 g/mol. The topological polar surface area (TPSA) is 208 Å². The van der Waals surface area contributed by atoms with Gasteiger partial charge in [-0.25, -0.2) is 0 Å². The molecule has 2 aromatic rings. The van der Waals surface area contributed by atoms with Crippen molar-refractivity contribution in [2.24, 2.45) is 16.8 Å². The van der Waals surface area contributed by atoms with Gasteiger partial charge < -0.3 is 45.3 Å². The van der Waals surface area contributed by atoms with Gasteiger partial charge in [0, 0.05) is 88.2 Å². The van der Waals surface area contributed by atoms with Gasteiger partial charge in [0.2, 0.25) is 11.7 Å². The zero-order chi connectivity index (χ0) is 50.6. The molecule has 1 spiro atoms. The molecule has 380 valence electrons. The first kappa shape index (κ1) is 51.3. The van der Waals surface area contributed by atoms with E-state index in [0.29, 0.717) is 43.6 Å². The van der Waals surface area contributed by atoms with Gasteiger partial charge >= 0.3 is 11.8 Å². The van der Waals surface area contributed by atoms with E-state index in [-0.39, 0.29) is 69.9 Å². The smallest absolute Gasteiger partial charge is 0.315 e. The van der Waals surface area contributed by atoms with Crippen LogP contribution in [0.3, 0.4) is 0 Å². The van der Waals surface area contributed by atoms with Gasteiger partial charge in [0.25, 0.3) is 11.7 Å². The zero-order valence-electron chi connectivity index (χ0n) is 42.0. The minimum absolute atomic E-state index is 0.00210. The van der Waals surface area contributed by atoms with Crippen molar-refractivity contribution in [1.82, 2.24) is 25.8 Å². The number of hydrogen-bond acceptors (Lipinski definition) is 14. The second kappa shape index (κ2) is 21.7. The third-order valence-corrected chi connectivity index (χ3v) is 14.5. The Morgan fingerprint density at radius 2 is 1.69 bits per heavy atom. The maximum absolute atomic E-state index is 14.7. The Hall–Kier alpha value is -6.10. The van der Waals surface area contributed by atoms with Gasteiger partial charge in [-0.1, -0.05) is 69.3 Å². The molecule has 0 radical (unpaired) electrons. The standard InChI is InChI=1S/C55H70N6O10/c1-33(2)31-61-26-22-55(23-27-61)58-46-43-44-49(65)36(5)51-45(43)52(67)54(6,71-51)69-28-11-10-17-40(70-42(64)30-41(63)56-38-20-24-60(25-21-38)32-37-15-8-7-9-16-37)29-39(62)19-18-34(3)13-12-14-35(4)53(68)57-48(50(44)66)47(46)59-55/h7-9,11-16,28,33-34,38-40,59,62,65H,10,17-27,29-32H2,1-6H3,(H,56,63)(H,57,68)/b13-12+,28-11+,35-14-/t34?,39?,40-,54?/m1/s1. The summed E-state index contributed by atoms with van der Waals surface area (Å²) in [4.78, 5) is 79.7. The molecule has 0 saturated carbocycles. The summed E-state index contributed by atoms with van der Waals surface area (Å²) in [7, 11) is 0. The molecule has 7 aliphatic rings. The predicted octanol–water partition coefficient (Wildman–Crippen LogP) is 6.43. The molecule has 1 aliphatic carbocycles. The molecular formula is C55H70N6O10. The fraction of sp³-hybridized carbons (Fsp3) is 0.527. The molecule has 5 N–H and O–H groups in total. The summed E-state index contributed by atoms with van der Waals surface area (Å²) in [6, 6.07) is 10.2. The number of likely N-dealkylation sites (tertiary alicyclic amines) is 2. The number of fused-ring (bicyclic) bond motifs is 13. The molecule has 2 amide bonds. The van der Waals surface area contributed by atoms with Gasteiger partial charge in [-0.05, 0) is 75.8 Å². The number of aliphatic imine (C=N–C) groups is 1. The summed E-state index contributed by atoms with van der Waals surface area (Å²) in [6.07, 6.45) is 10.7. The number of nitrogens with one attached hydrogen (secondary N) is 3. The van der Waals surface area contributed by atoms with Crippen molar-refractivity contribution in [1.29, 1.82) is 0 Å². The van der Waals surface area contributed by atoms with Crippen LogP contribution in [0.4, 0.5) is 0 Å². The highest BCUT2D eigenvalue weighted by Gasteiger charge is 2.54. The van der Waals surface area contributed by atoms with E-state index in [1.165, 1.54) is 18.7 Å². The molecule has 0 aromatic heterocycles. The lowest BCUT2D eigenvalue weighted by Crippen LogP contribution is -2.50. The molecule has 71 heavy (non-hydrogen) atoms. The maximum Gasteiger partial charge on any atom is 0.315 e. The number of esters is 1. The van der Waals surface area contributed by atoms with Crippen LogP contribution in [0.1, 0.15) is 136 Å². The molecule has 2 fully saturated rings. The molecule has 5 bridgehead atoms. The number of piperidine rings is 2. The van der Waals surface area contributed by atoms with Crippen LogP contribution in [-0.2, 0) is 30.4 Å². The number of phenolic OH excluding ortho intramolecular Hbond substituents is 1. The molecule has 4 atom stereocenters. The summed E-state index contributed by atoms with van der Waals surface area (Å²) in [5, 5.41) is 32.4. The largest absolute Gasteiger partial charge is 0.507 e. The van der Waals surface area contributed by atoms with Gasteiger partial charge in [0.1, 0.15) is 35.4 Å². The van der Waals surface area contributed by atoms with Crippen LogP contribution in [0, 0.1) is 18.8 Å². The fourth-order valence-electron chi connectivity index (χ4n) is 10.5. The number of aliphatic hydroxyl groups is 1. The van der Waals surface area contributed by atoms with Crippen molar-refractivity contribution in [3.05, 3.63) is 106 Å². The van der Waals surface area contributed by atoms with Crippen molar-refractivity contribution in [3.8, 4) is 11.5 Å². The first-order chi connectivity index (χ1) is 33.9. The van der Waals surface area contributed by atoms with Crippen LogP contribution in [0.2, 0.25) is 0 Å². The minimum atomic E-state index is -1.91. The quantitative estimate of drug-likeness (QED) is 0.143. The number of aromatic hydroxyl groups is 1. The van der Waals surface area contributed by atoms with E-state index in [1.807, 2.05) is 31.2 Å². The predicted molar refractivity (Wildman–Crippen MR) is 267 cm³/mol. The Morgan fingerprint density at radius 3 is 2.41 bits per heavy atom. The average Bonchev–Trinajstić information content (AvgIpc) is 3.83. The number of amides is 2. The van der Waals surface area contributed by atoms with E-state index in [2.05, 4.69) is 51.7 Å². The van der Waals surface area contributed by atoms with Crippen molar-refractivity contribution >= 4 is 35.1 Å². The normalized spacial score (nSPS) is 27.2. The van der Waals surface area contributed by atoms with E-state index in [0.717, 1.165) is 52.1 Å². The number of benzene rings is 2. The lowest BCUT2D eigenvalue weighted by molar-refractivity contribution is -0.153. The van der Waals surface area contributed by atoms with Crippen molar-refractivity contribution in [2.45, 2.75) is 142 Å². The van der Waals surface area contributed by atoms with Crippen LogP contribution in [0.25, 0.3) is 0 Å². The minimum Gasteiger partial charge on any atom is -0.507 e. The Bertz CT molecular complexity index is 2550. The number of allylic oxidation sites excluding steroid dienone is 6. The van der Waals surface area contributed by atoms with Gasteiger partial charge in [-0.3, -0.25) is 33.9 Å². The molecule has 3 unspecified atom stereocenters. The average molecular weight is 975 g/mol. The lowest BCUT2D eigenvalue weighted by Gasteiger charge is -2.38. The van der Waals surface area contributed by atoms with E-state index >= 15 is 0 Å². The Kier molecular flexibility index (Phi) is 15.7. The Morgan fingerprint density at radius 1 is 0.958 bits per heavy atom. The number of phenols is 1. The van der Waals surface area contributed by atoms with Crippen LogP contribution in [-0.4, -0.2) is 117 Å². The van der Waals surface area contributed by atoms with Gasteiger partial charge in [-0.15, -0.1) is 0 Å². The number of aliphatic hydroxyl groups excluding tert-OH is 1. The highest BCUT2D eigenvalue weighted by molar-refractivity contribution is 6.34. The first-order valence-corrected chi connectivity index (χ1v) is 25.4. The lowest BCUT2D eigenvalue weighted by atomic mass is 9.82. The third kappa shape index (κ3) is 11.7.